The van der Waals surface area contributed by atoms with E-state index in [1.165, 1.54) is 6.07 Å². The van der Waals surface area contributed by atoms with Crippen molar-refractivity contribution >= 4 is 34.0 Å². The molecular weight excluding hydrogens is 354 g/mol. The van der Waals surface area contributed by atoms with Crippen molar-refractivity contribution in [1.82, 2.24) is 5.32 Å². The number of benzene rings is 1. The predicted octanol–water partition coefficient (Wildman–Crippen LogP) is 1.02. The number of anilines is 1. The van der Waals surface area contributed by atoms with Crippen LogP contribution in [0.2, 0.25) is 0 Å². The van der Waals surface area contributed by atoms with E-state index in [1.54, 1.807) is 26.2 Å². The summed E-state index contributed by atoms with van der Waals surface area (Å²) in [5.41, 5.74) is 0.352. The number of hydrogen-bond donors (Lipinski definition) is 3. The highest BCUT2D eigenvalue weighted by atomic mass is 35.5. The molecule has 0 bridgehead atoms. The number of aryl methyl sites for hydroxylation is 1. The molecule has 1 aromatic carbocycles. The third kappa shape index (κ3) is 4.67. The van der Waals surface area contributed by atoms with Crippen molar-refractivity contribution in [2.75, 3.05) is 32.1 Å². The molecule has 0 aliphatic carbocycles. The molecule has 1 amide bonds. The molecule has 1 aliphatic rings. The van der Waals surface area contributed by atoms with Gasteiger partial charge in [-0.2, -0.15) is 0 Å². The fourth-order valence-corrected chi connectivity index (χ4v) is 3.67. The summed E-state index contributed by atoms with van der Waals surface area (Å²) in [6.07, 6.45) is 1.33. The van der Waals surface area contributed by atoms with Gasteiger partial charge in [-0.25, -0.2) is 13.6 Å². The van der Waals surface area contributed by atoms with Gasteiger partial charge in [-0.3, -0.25) is 4.79 Å². The van der Waals surface area contributed by atoms with Crippen molar-refractivity contribution in [2.45, 2.75) is 24.7 Å². The van der Waals surface area contributed by atoms with Crippen LogP contribution >= 0.6 is 12.4 Å². The zero-order valence-electron chi connectivity index (χ0n) is 13.8. The molecule has 0 saturated carbocycles. The van der Waals surface area contributed by atoms with Gasteiger partial charge >= 0.3 is 0 Å². The highest BCUT2D eigenvalue weighted by Gasteiger charge is 2.39. The van der Waals surface area contributed by atoms with Crippen molar-refractivity contribution in [3.63, 3.8) is 0 Å². The molecule has 1 heterocycles. The summed E-state index contributed by atoms with van der Waals surface area (Å²) in [5, 5.41) is 11.2. The number of nitrogens with one attached hydrogen (secondary N) is 2. The van der Waals surface area contributed by atoms with Gasteiger partial charge in [-0.15, -0.1) is 12.4 Å². The number of rotatable bonds is 5. The van der Waals surface area contributed by atoms with Crippen molar-refractivity contribution in [3.8, 4) is 0 Å². The Balaban J connectivity index is 0.00000288. The van der Waals surface area contributed by atoms with Crippen molar-refractivity contribution in [3.05, 3.63) is 23.8 Å². The largest absolute Gasteiger partial charge is 0.384 e. The lowest BCUT2D eigenvalue weighted by molar-refractivity contribution is -0.130. The number of sulfonamides is 1. The van der Waals surface area contributed by atoms with E-state index in [0.717, 1.165) is 13.1 Å². The smallest absolute Gasteiger partial charge is 0.238 e. The molecule has 0 unspecified atom stereocenters. The average molecular weight is 378 g/mol. The zero-order chi connectivity index (χ0) is 17.1. The van der Waals surface area contributed by atoms with Crippen LogP contribution in [0, 0.1) is 12.3 Å². The number of methoxy groups -OCH3 is 1. The van der Waals surface area contributed by atoms with Crippen LogP contribution in [0.4, 0.5) is 5.69 Å². The number of amides is 1. The number of halogens is 1. The lowest BCUT2D eigenvalue weighted by Crippen LogP contribution is -2.47. The molecule has 1 aromatic rings. The van der Waals surface area contributed by atoms with Crippen molar-refractivity contribution in [1.29, 1.82) is 0 Å². The SMILES string of the molecule is COCC1(C(=O)Nc2ccc(C)c(S(N)(=O)=O)c2)CCNCC1.Cl. The molecule has 7 nitrogen and oxygen atoms in total. The first-order chi connectivity index (χ1) is 10.8. The Labute approximate surface area is 148 Å². The number of piperidine rings is 1. The monoisotopic (exact) mass is 377 g/mol. The lowest BCUT2D eigenvalue weighted by atomic mass is 9.78. The highest BCUT2D eigenvalue weighted by Crippen LogP contribution is 2.31. The summed E-state index contributed by atoms with van der Waals surface area (Å²) in [6, 6.07) is 4.69. The minimum Gasteiger partial charge on any atom is -0.384 e. The van der Waals surface area contributed by atoms with Gasteiger partial charge in [0, 0.05) is 12.8 Å². The van der Waals surface area contributed by atoms with Crippen LogP contribution in [0.25, 0.3) is 0 Å². The van der Waals surface area contributed by atoms with Gasteiger partial charge in [0.25, 0.3) is 0 Å². The molecule has 0 atom stereocenters. The summed E-state index contributed by atoms with van der Waals surface area (Å²) in [6.45, 7) is 3.47. The Bertz CT molecular complexity index is 682. The Hall–Kier alpha value is -1.19. The first-order valence-corrected chi connectivity index (χ1v) is 8.98. The molecule has 1 aliphatic heterocycles. The van der Waals surface area contributed by atoms with E-state index < -0.39 is 15.4 Å². The Morgan fingerprint density at radius 1 is 1.38 bits per heavy atom. The molecule has 4 N–H and O–H groups in total. The predicted molar refractivity (Wildman–Crippen MR) is 94.8 cm³/mol. The quantitative estimate of drug-likeness (QED) is 0.709. The van der Waals surface area contributed by atoms with Crippen LogP contribution in [0.5, 0.6) is 0 Å². The molecule has 0 spiro atoms. The van der Waals surface area contributed by atoms with Crippen LogP contribution in [0.1, 0.15) is 18.4 Å². The maximum absolute atomic E-state index is 12.7. The number of nitrogens with two attached hydrogens (primary N) is 1. The van der Waals surface area contributed by atoms with Gasteiger partial charge < -0.3 is 15.4 Å². The molecular formula is C15H24ClN3O4S. The maximum atomic E-state index is 12.7. The summed E-state index contributed by atoms with van der Waals surface area (Å²) in [7, 11) is -2.26. The topological polar surface area (TPSA) is 111 Å². The number of carbonyl (C=O) groups is 1. The Morgan fingerprint density at radius 3 is 2.54 bits per heavy atom. The number of ether oxygens (including phenoxy) is 1. The minimum absolute atomic E-state index is 0. The summed E-state index contributed by atoms with van der Waals surface area (Å²) in [4.78, 5) is 12.7. The normalized spacial score (nSPS) is 17.0. The third-order valence-corrected chi connectivity index (χ3v) is 5.27. The van der Waals surface area contributed by atoms with Gasteiger partial charge in [-0.1, -0.05) is 6.07 Å². The molecule has 2 rings (SSSR count). The standard InChI is InChI=1S/C15H23N3O4S.ClH/c1-11-3-4-12(9-13(11)23(16,20)21)18-14(19)15(10-22-2)5-7-17-8-6-15;/h3-4,9,17H,5-8,10H2,1-2H3,(H,18,19)(H2,16,20,21);1H. The van der Waals surface area contributed by atoms with Gasteiger partial charge in [0.1, 0.15) is 0 Å². The maximum Gasteiger partial charge on any atom is 0.238 e. The van der Waals surface area contributed by atoms with E-state index in [1.807, 2.05) is 0 Å². The molecule has 0 radical (unpaired) electrons. The fraction of sp³-hybridized carbons (Fsp3) is 0.533. The number of hydrogen-bond acceptors (Lipinski definition) is 5. The van der Waals surface area contributed by atoms with Crippen LogP contribution in [-0.4, -0.2) is 41.1 Å². The van der Waals surface area contributed by atoms with Crippen LogP contribution in [0.3, 0.4) is 0 Å². The molecule has 9 heteroatoms. The summed E-state index contributed by atoms with van der Waals surface area (Å²) >= 11 is 0. The van der Waals surface area contributed by atoms with E-state index in [4.69, 9.17) is 9.88 Å². The molecule has 24 heavy (non-hydrogen) atoms. The van der Waals surface area contributed by atoms with Crippen LogP contribution < -0.4 is 15.8 Å². The first kappa shape index (κ1) is 20.9. The Kier molecular flexibility index (Phi) is 7.18. The molecule has 136 valence electrons. The second-order valence-electron chi connectivity index (χ2n) is 5.94. The van der Waals surface area contributed by atoms with E-state index >= 15 is 0 Å². The second-order valence-corrected chi connectivity index (χ2v) is 7.47. The summed E-state index contributed by atoms with van der Waals surface area (Å²) < 4.78 is 28.4. The van der Waals surface area contributed by atoms with Gasteiger partial charge in [0.05, 0.1) is 16.9 Å². The first-order valence-electron chi connectivity index (χ1n) is 7.43. The minimum atomic E-state index is -3.83. The molecule has 0 aromatic heterocycles. The lowest BCUT2D eigenvalue weighted by Gasteiger charge is -2.35. The van der Waals surface area contributed by atoms with Gasteiger partial charge in [0.15, 0.2) is 0 Å². The summed E-state index contributed by atoms with van der Waals surface area (Å²) in [5.74, 6) is -0.162. The van der Waals surface area contributed by atoms with E-state index in [9.17, 15) is 13.2 Å². The third-order valence-electron chi connectivity index (χ3n) is 4.22. The second kappa shape index (κ2) is 8.26. The van der Waals surface area contributed by atoms with E-state index in [-0.39, 0.29) is 23.2 Å². The van der Waals surface area contributed by atoms with Crippen LogP contribution in [0.15, 0.2) is 23.1 Å². The number of carbonyl (C=O) groups excluding carboxylic acids is 1. The average Bonchev–Trinajstić information content (AvgIpc) is 2.49. The van der Waals surface area contributed by atoms with E-state index in [0.29, 0.717) is 30.7 Å². The number of primary sulfonamides is 1. The highest BCUT2D eigenvalue weighted by molar-refractivity contribution is 7.89. The zero-order valence-corrected chi connectivity index (χ0v) is 15.4. The fourth-order valence-electron chi connectivity index (χ4n) is 2.87. The van der Waals surface area contributed by atoms with Gasteiger partial charge in [-0.05, 0) is 50.6 Å². The molecule has 1 fully saturated rings. The van der Waals surface area contributed by atoms with Crippen molar-refractivity contribution in [2.24, 2.45) is 10.6 Å². The van der Waals surface area contributed by atoms with Gasteiger partial charge in [0.2, 0.25) is 15.9 Å². The Morgan fingerprint density at radius 2 is 2.00 bits per heavy atom. The van der Waals surface area contributed by atoms with E-state index in [2.05, 4.69) is 10.6 Å². The van der Waals surface area contributed by atoms with Crippen LogP contribution in [-0.2, 0) is 19.6 Å². The van der Waals surface area contributed by atoms with Crippen molar-refractivity contribution < 1.29 is 17.9 Å². The molecule has 1 saturated heterocycles.